The van der Waals surface area contributed by atoms with Crippen molar-refractivity contribution in [1.82, 2.24) is 4.90 Å². The van der Waals surface area contributed by atoms with Gasteiger partial charge in [-0.2, -0.15) is 0 Å². The van der Waals surface area contributed by atoms with Crippen molar-refractivity contribution in [2.75, 3.05) is 6.54 Å². The van der Waals surface area contributed by atoms with Crippen LogP contribution in [0.5, 0.6) is 0 Å². The van der Waals surface area contributed by atoms with Crippen molar-refractivity contribution in [3.05, 3.63) is 35.0 Å². The third-order valence-electron chi connectivity index (χ3n) is 3.81. The molecule has 2 N–H and O–H groups in total. The SMILES string of the molecule is NC(=O)C1CCCCN1C(=O)c1cc2c(F)cccc2s1. The van der Waals surface area contributed by atoms with Gasteiger partial charge in [-0.05, 0) is 37.5 Å². The van der Waals surface area contributed by atoms with Crippen LogP contribution in [0.25, 0.3) is 10.1 Å². The molecule has 1 aliphatic heterocycles. The zero-order valence-corrected chi connectivity index (χ0v) is 12.2. The number of nitrogens with two attached hydrogens (primary N) is 1. The Bertz CT molecular complexity index is 713. The van der Waals surface area contributed by atoms with E-state index in [0.29, 0.717) is 23.2 Å². The summed E-state index contributed by atoms with van der Waals surface area (Å²) >= 11 is 1.24. The molecule has 0 aliphatic carbocycles. The standard InChI is InChI=1S/C15H15FN2O2S/c16-10-4-3-6-12-9(10)8-13(21-12)15(20)18-7-2-1-5-11(18)14(17)19/h3-4,6,8,11H,1-2,5,7H2,(H2,17,19). The van der Waals surface area contributed by atoms with E-state index < -0.39 is 11.9 Å². The van der Waals surface area contributed by atoms with Gasteiger partial charge in [0.15, 0.2) is 0 Å². The highest BCUT2D eigenvalue weighted by molar-refractivity contribution is 7.20. The second-order valence-corrected chi connectivity index (χ2v) is 6.26. The Kier molecular flexibility index (Phi) is 3.63. The van der Waals surface area contributed by atoms with Gasteiger partial charge in [-0.15, -0.1) is 11.3 Å². The van der Waals surface area contributed by atoms with Crippen molar-refractivity contribution in [2.45, 2.75) is 25.3 Å². The predicted molar refractivity (Wildman–Crippen MR) is 79.7 cm³/mol. The van der Waals surface area contributed by atoms with Crippen LogP contribution < -0.4 is 5.73 Å². The average Bonchev–Trinajstić information content (AvgIpc) is 2.92. The molecule has 3 rings (SSSR count). The lowest BCUT2D eigenvalue weighted by atomic mass is 10.0. The van der Waals surface area contributed by atoms with Gasteiger partial charge in [-0.3, -0.25) is 9.59 Å². The Labute approximate surface area is 125 Å². The van der Waals surface area contributed by atoms with E-state index in [4.69, 9.17) is 5.73 Å². The number of rotatable bonds is 2. The second kappa shape index (κ2) is 5.44. The first kappa shape index (κ1) is 14.0. The molecule has 6 heteroatoms. The topological polar surface area (TPSA) is 63.4 Å². The Balaban J connectivity index is 1.95. The van der Waals surface area contributed by atoms with Gasteiger partial charge >= 0.3 is 0 Å². The van der Waals surface area contributed by atoms with Gasteiger partial charge in [0.1, 0.15) is 11.9 Å². The fourth-order valence-corrected chi connectivity index (χ4v) is 3.77. The number of thiophene rings is 1. The molecule has 4 nitrogen and oxygen atoms in total. The van der Waals surface area contributed by atoms with E-state index >= 15 is 0 Å². The van der Waals surface area contributed by atoms with E-state index in [2.05, 4.69) is 0 Å². The highest BCUT2D eigenvalue weighted by Crippen LogP contribution is 2.30. The maximum Gasteiger partial charge on any atom is 0.264 e. The molecule has 2 aromatic rings. The van der Waals surface area contributed by atoms with Crippen LogP contribution in [0.4, 0.5) is 4.39 Å². The molecule has 1 saturated heterocycles. The summed E-state index contributed by atoms with van der Waals surface area (Å²) in [5.74, 6) is -1.05. The smallest absolute Gasteiger partial charge is 0.264 e. The number of carbonyl (C=O) groups is 2. The fraction of sp³-hybridized carbons (Fsp3) is 0.333. The molecule has 0 spiro atoms. The number of benzene rings is 1. The van der Waals surface area contributed by atoms with Crippen LogP contribution in [0.2, 0.25) is 0 Å². The van der Waals surface area contributed by atoms with Gasteiger partial charge in [0.05, 0.1) is 4.88 Å². The van der Waals surface area contributed by atoms with Crippen LogP contribution in [0, 0.1) is 5.82 Å². The van der Waals surface area contributed by atoms with E-state index in [1.807, 2.05) is 0 Å². The molecular weight excluding hydrogens is 291 g/mol. The molecule has 1 unspecified atom stereocenters. The van der Waals surface area contributed by atoms with Crippen molar-refractivity contribution in [3.8, 4) is 0 Å². The summed E-state index contributed by atoms with van der Waals surface area (Å²) in [6.45, 7) is 0.517. The van der Waals surface area contributed by atoms with E-state index in [1.165, 1.54) is 22.3 Å². The van der Waals surface area contributed by atoms with Crippen molar-refractivity contribution in [3.63, 3.8) is 0 Å². The Morgan fingerprint density at radius 2 is 2.14 bits per heavy atom. The minimum absolute atomic E-state index is 0.237. The number of hydrogen-bond donors (Lipinski definition) is 1. The van der Waals surface area contributed by atoms with Gasteiger partial charge < -0.3 is 10.6 Å². The lowest BCUT2D eigenvalue weighted by Gasteiger charge is -2.33. The molecule has 0 radical (unpaired) electrons. The van der Waals surface area contributed by atoms with Crippen LogP contribution in [0.1, 0.15) is 28.9 Å². The first-order valence-electron chi connectivity index (χ1n) is 6.86. The average molecular weight is 306 g/mol. The monoisotopic (exact) mass is 306 g/mol. The molecule has 0 saturated carbocycles. The second-order valence-electron chi connectivity index (χ2n) is 5.17. The van der Waals surface area contributed by atoms with Crippen molar-refractivity contribution in [2.24, 2.45) is 5.73 Å². The third-order valence-corrected chi connectivity index (χ3v) is 4.90. The lowest BCUT2D eigenvalue weighted by Crippen LogP contribution is -2.50. The summed E-state index contributed by atoms with van der Waals surface area (Å²) in [5, 5.41) is 0.443. The number of carbonyl (C=O) groups excluding carboxylic acids is 2. The van der Waals surface area contributed by atoms with E-state index in [0.717, 1.165) is 17.5 Å². The summed E-state index contributed by atoms with van der Waals surface area (Å²) in [6.07, 6.45) is 2.34. The van der Waals surface area contributed by atoms with Gasteiger partial charge in [0, 0.05) is 16.6 Å². The van der Waals surface area contributed by atoms with Crippen LogP contribution in [0.15, 0.2) is 24.3 Å². The summed E-state index contributed by atoms with van der Waals surface area (Å²) < 4.78 is 14.4. The first-order valence-corrected chi connectivity index (χ1v) is 7.68. The number of likely N-dealkylation sites (tertiary alicyclic amines) is 1. The number of nitrogens with zero attached hydrogens (tertiary/aromatic N) is 1. The molecule has 1 fully saturated rings. The number of piperidine rings is 1. The maximum atomic E-state index is 13.7. The summed E-state index contributed by atoms with van der Waals surface area (Å²) in [5.41, 5.74) is 5.38. The van der Waals surface area contributed by atoms with Gasteiger partial charge in [-0.1, -0.05) is 6.07 Å². The minimum Gasteiger partial charge on any atom is -0.368 e. The fourth-order valence-electron chi connectivity index (χ4n) is 2.74. The first-order chi connectivity index (χ1) is 10.1. The Morgan fingerprint density at radius 3 is 2.86 bits per heavy atom. The quantitative estimate of drug-likeness (QED) is 0.926. The highest BCUT2D eigenvalue weighted by Gasteiger charge is 2.32. The summed E-state index contributed by atoms with van der Waals surface area (Å²) in [7, 11) is 0. The Morgan fingerprint density at radius 1 is 1.33 bits per heavy atom. The molecule has 1 aliphatic rings. The van der Waals surface area contributed by atoms with E-state index in [9.17, 15) is 14.0 Å². The van der Waals surface area contributed by atoms with Crippen LogP contribution >= 0.6 is 11.3 Å². The van der Waals surface area contributed by atoms with E-state index in [-0.39, 0.29) is 11.7 Å². The maximum absolute atomic E-state index is 13.7. The van der Waals surface area contributed by atoms with Crippen LogP contribution in [0.3, 0.4) is 0 Å². The van der Waals surface area contributed by atoms with Crippen LogP contribution in [-0.4, -0.2) is 29.3 Å². The van der Waals surface area contributed by atoms with Gasteiger partial charge in [-0.25, -0.2) is 4.39 Å². The summed E-state index contributed by atoms with van der Waals surface area (Å²) in [4.78, 5) is 26.1. The number of amides is 2. The predicted octanol–water partition coefficient (Wildman–Crippen LogP) is 2.52. The summed E-state index contributed by atoms with van der Waals surface area (Å²) in [6, 6.07) is 5.78. The van der Waals surface area contributed by atoms with Crippen molar-refractivity contribution >= 4 is 33.2 Å². The number of halogens is 1. The molecule has 0 bridgehead atoms. The number of fused-ring (bicyclic) bond motifs is 1. The zero-order valence-electron chi connectivity index (χ0n) is 11.3. The zero-order chi connectivity index (χ0) is 15.0. The lowest BCUT2D eigenvalue weighted by molar-refractivity contribution is -0.123. The Hall–Kier alpha value is -1.95. The molecule has 2 amide bonds. The molecule has 1 atom stereocenters. The van der Waals surface area contributed by atoms with Crippen LogP contribution in [-0.2, 0) is 4.79 Å². The molecule has 1 aromatic heterocycles. The molecule has 2 heterocycles. The largest absolute Gasteiger partial charge is 0.368 e. The number of primary amides is 1. The van der Waals surface area contributed by atoms with Gasteiger partial charge in [0.25, 0.3) is 5.91 Å². The number of hydrogen-bond acceptors (Lipinski definition) is 3. The highest BCUT2D eigenvalue weighted by atomic mass is 32.1. The minimum atomic E-state index is -0.554. The molecule has 110 valence electrons. The molecular formula is C15H15FN2O2S. The molecule has 21 heavy (non-hydrogen) atoms. The van der Waals surface area contributed by atoms with Gasteiger partial charge in [0.2, 0.25) is 5.91 Å². The van der Waals surface area contributed by atoms with E-state index in [1.54, 1.807) is 18.2 Å². The normalized spacial score (nSPS) is 18.9. The van der Waals surface area contributed by atoms with Crippen molar-refractivity contribution in [1.29, 1.82) is 0 Å². The third kappa shape index (κ3) is 2.51. The molecule has 1 aromatic carbocycles. The van der Waals surface area contributed by atoms with Crippen molar-refractivity contribution < 1.29 is 14.0 Å².